The van der Waals surface area contributed by atoms with Crippen LogP contribution in [0.4, 0.5) is 4.39 Å². The van der Waals surface area contributed by atoms with Gasteiger partial charge in [-0.05, 0) is 17.5 Å². The molecular formula is C11H12FNO. The highest BCUT2D eigenvalue weighted by Crippen LogP contribution is 2.26. The van der Waals surface area contributed by atoms with Crippen LogP contribution in [0.25, 0.3) is 0 Å². The van der Waals surface area contributed by atoms with Crippen molar-refractivity contribution in [2.24, 2.45) is 0 Å². The molecule has 2 nitrogen and oxygen atoms in total. The summed E-state index contributed by atoms with van der Waals surface area (Å²) < 4.78 is 18.3. The molecule has 0 amide bonds. The summed E-state index contributed by atoms with van der Waals surface area (Å²) in [6.45, 7) is 3.76. The maximum absolute atomic E-state index is 13.4. The minimum Gasteiger partial charge on any atom is -0.495 e. The molecule has 1 aromatic rings. The van der Waals surface area contributed by atoms with E-state index in [4.69, 9.17) is 10.00 Å². The van der Waals surface area contributed by atoms with Crippen LogP contribution in [-0.2, 0) is 0 Å². The molecule has 0 aliphatic carbocycles. The summed E-state index contributed by atoms with van der Waals surface area (Å²) in [6.07, 6.45) is 0. The molecule has 0 spiro atoms. The van der Waals surface area contributed by atoms with Crippen LogP contribution in [-0.4, -0.2) is 7.11 Å². The average Bonchev–Trinajstić information content (AvgIpc) is 2.16. The quantitative estimate of drug-likeness (QED) is 0.723. The van der Waals surface area contributed by atoms with E-state index in [0.717, 1.165) is 0 Å². The Morgan fingerprint density at radius 3 is 2.50 bits per heavy atom. The van der Waals surface area contributed by atoms with E-state index in [1.54, 1.807) is 6.07 Å². The van der Waals surface area contributed by atoms with Crippen LogP contribution in [0.1, 0.15) is 30.9 Å². The van der Waals surface area contributed by atoms with Gasteiger partial charge < -0.3 is 4.74 Å². The molecule has 1 aromatic carbocycles. The molecule has 0 N–H and O–H groups in total. The Hall–Kier alpha value is -1.56. The van der Waals surface area contributed by atoms with Crippen molar-refractivity contribution in [3.63, 3.8) is 0 Å². The number of methoxy groups -OCH3 is 1. The summed E-state index contributed by atoms with van der Waals surface area (Å²) in [5.41, 5.74) is 0.917. The lowest BCUT2D eigenvalue weighted by atomic mass is 10.00. The highest BCUT2D eigenvalue weighted by Gasteiger charge is 2.12. The van der Waals surface area contributed by atoms with Crippen LogP contribution < -0.4 is 4.74 Å². The highest BCUT2D eigenvalue weighted by molar-refractivity contribution is 5.46. The van der Waals surface area contributed by atoms with Crippen LogP contribution in [0.15, 0.2) is 12.1 Å². The fourth-order valence-electron chi connectivity index (χ4n) is 1.27. The highest BCUT2D eigenvalue weighted by atomic mass is 19.1. The molecule has 0 saturated heterocycles. The lowest BCUT2D eigenvalue weighted by molar-refractivity contribution is 0.409. The molecule has 14 heavy (non-hydrogen) atoms. The van der Waals surface area contributed by atoms with E-state index in [2.05, 4.69) is 0 Å². The third-order valence-corrected chi connectivity index (χ3v) is 2.06. The molecule has 74 valence electrons. The van der Waals surface area contributed by atoms with Gasteiger partial charge in [0.25, 0.3) is 0 Å². The number of nitriles is 1. The Morgan fingerprint density at radius 2 is 2.07 bits per heavy atom. The first-order valence-electron chi connectivity index (χ1n) is 4.37. The number of benzene rings is 1. The van der Waals surface area contributed by atoms with Crippen LogP contribution >= 0.6 is 0 Å². The Kier molecular flexibility index (Phi) is 3.08. The monoisotopic (exact) mass is 193 g/mol. The third kappa shape index (κ3) is 1.85. The molecule has 0 bridgehead atoms. The molecule has 0 radical (unpaired) electrons. The second-order valence-corrected chi connectivity index (χ2v) is 3.34. The average molecular weight is 193 g/mol. The predicted molar refractivity (Wildman–Crippen MR) is 51.8 cm³/mol. The van der Waals surface area contributed by atoms with Gasteiger partial charge in [-0.1, -0.05) is 13.8 Å². The number of halogens is 1. The maximum Gasteiger partial charge on any atom is 0.139 e. The zero-order valence-corrected chi connectivity index (χ0v) is 8.47. The smallest absolute Gasteiger partial charge is 0.139 e. The van der Waals surface area contributed by atoms with E-state index >= 15 is 0 Å². The van der Waals surface area contributed by atoms with Crippen molar-refractivity contribution < 1.29 is 9.13 Å². The van der Waals surface area contributed by atoms with Crippen LogP contribution in [0.5, 0.6) is 5.75 Å². The zero-order chi connectivity index (χ0) is 10.7. The van der Waals surface area contributed by atoms with Crippen molar-refractivity contribution in [1.82, 2.24) is 0 Å². The number of rotatable bonds is 2. The van der Waals surface area contributed by atoms with E-state index in [0.29, 0.717) is 11.1 Å². The Morgan fingerprint density at radius 1 is 1.43 bits per heavy atom. The molecule has 1 rings (SSSR count). The van der Waals surface area contributed by atoms with Crippen molar-refractivity contribution in [3.05, 3.63) is 29.1 Å². The van der Waals surface area contributed by atoms with Gasteiger partial charge in [-0.2, -0.15) is 5.26 Å². The SMILES string of the molecule is COc1cc(F)c(C(C)C)cc1C#N. The largest absolute Gasteiger partial charge is 0.495 e. The first-order valence-corrected chi connectivity index (χ1v) is 4.37. The van der Waals surface area contributed by atoms with Gasteiger partial charge in [-0.3, -0.25) is 0 Å². The second-order valence-electron chi connectivity index (χ2n) is 3.34. The summed E-state index contributed by atoms with van der Waals surface area (Å²) in [4.78, 5) is 0. The molecule has 0 aromatic heterocycles. The fraction of sp³-hybridized carbons (Fsp3) is 0.364. The van der Waals surface area contributed by atoms with Crippen molar-refractivity contribution in [2.75, 3.05) is 7.11 Å². The molecule has 0 unspecified atom stereocenters. The molecule has 0 atom stereocenters. The van der Waals surface area contributed by atoms with E-state index in [1.165, 1.54) is 13.2 Å². The van der Waals surface area contributed by atoms with Gasteiger partial charge in [-0.25, -0.2) is 4.39 Å². The summed E-state index contributed by atoms with van der Waals surface area (Å²) >= 11 is 0. The summed E-state index contributed by atoms with van der Waals surface area (Å²) in [5, 5.41) is 8.79. The Bertz CT molecular complexity index is 380. The van der Waals surface area contributed by atoms with Gasteiger partial charge >= 0.3 is 0 Å². The minimum atomic E-state index is -0.323. The Labute approximate surface area is 82.9 Å². The molecular weight excluding hydrogens is 181 g/mol. The van der Waals surface area contributed by atoms with E-state index in [9.17, 15) is 4.39 Å². The van der Waals surface area contributed by atoms with Gasteiger partial charge in [0.05, 0.1) is 12.7 Å². The van der Waals surface area contributed by atoms with E-state index in [1.807, 2.05) is 19.9 Å². The van der Waals surface area contributed by atoms with Crippen LogP contribution in [0.2, 0.25) is 0 Å². The molecule has 0 fully saturated rings. The van der Waals surface area contributed by atoms with E-state index in [-0.39, 0.29) is 17.5 Å². The van der Waals surface area contributed by atoms with Gasteiger partial charge in [0.2, 0.25) is 0 Å². The molecule has 0 aliphatic rings. The summed E-state index contributed by atoms with van der Waals surface area (Å²) in [7, 11) is 1.42. The first kappa shape index (κ1) is 10.5. The number of ether oxygens (including phenoxy) is 1. The van der Waals surface area contributed by atoms with Crippen molar-refractivity contribution in [2.45, 2.75) is 19.8 Å². The summed E-state index contributed by atoms with van der Waals surface area (Å²) in [6, 6.07) is 4.78. The number of hydrogen-bond acceptors (Lipinski definition) is 2. The fourth-order valence-corrected chi connectivity index (χ4v) is 1.27. The van der Waals surface area contributed by atoms with Gasteiger partial charge in [-0.15, -0.1) is 0 Å². The summed E-state index contributed by atoms with van der Waals surface area (Å²) in [5.74, 6) is 0.0262. The number of nitrogens with zero attached hydrogens (tertiary/aromatic N) is 1. The van der Waals surface area contributed by atoms with Crippen molar-refractivity contribution >= 4 is 0 Å². The minimum absolute atomic E-state index is 0.0630. The van der Waals surface area contributed by atoms with Crippen molar-refractivity contribution in [3.8, 4) is 11.8 Å². The number of hydrogen-bond donors (Lipinski definition) is 0. The topological polar surface area (TPSA) is 33.0 Å². The maximum atomic E-state index is 13.4. The van der Waals surface area contributed by atoms with Gasteiger partial charge in [0.1, 0.15) is 17.6 Å². The molecule has 3 heteroatoms. The lowest BCUT2D eigenvalue weighted by Crippen LogP contribution is -1.97. The standard InChI is InChI=1S/C11H12FNO/c1-7(2)9-4-8(6-13)11(14-3)5-10(9)12/h4-5,7H,1-3H3. The van der Waals surface area contributed by atoms with E-state index < -0.39 is 0 Å². The Balaban J connectivity index is 3.32. The lowest BCUT2D eigenvalue weighted by Gasteiger charge is -2.10. The molecule has 0 heterocycles. The van der Waals surface area contributed by atoms with Gasteiger partial charge in [0, 0.05) is 6.07 Å². The van der Waals surface area contributed by atoms with Crippen LogP contribution in [0, 0.1) is 17.1 Å². The first-order chi connectivity index (χ1) is 6.60. The third-order valence-electron chi connectivity index (χ3n) is 2.06. The van der Waals surface area contributed by atoms with Crippen LogP contribution in [0.3, 0.4) is 0 Å². The zero-order valence-electron chi connectivity index (χ0n) is 8.47. The van der Waals surface area contributed by atoms with Crippen molar-refractivity contribution in [1.29, 1.82) is 5.26 Å². The predicted octanol–water partition coefficient (Wildman–Crippen LogP) is 2.83. The molecule has 0 aliphatic heterocycles. The normalized spacial score (nSPS) is 10.0. The van der Waals surface area contributed by atoms with Gasteiger partial charge in [0.15, 0.2) is 0 Å². The molecule has 0 saturated carbocycles. The second kappa shape index (κ2) is 4.10.